The van der Waals surface area contributed by atoms with Crippen LogP contribution >= 0.6 is 0 Å². The summed E-state index contributed by atoms with van der Waals surface area (Å²) < 4.78 is 0. The minimum Gasteiger partial charge on any atom is -0.389 e. The molecule has 0 fully saturated rings. The van der Waals surface area contributed by atoms with E-state index >= 15 is 0 Å². The van der Waals surface area contributed by atoms with Crippen molar-refractivity contribution in [3.8, 4) is 0 Å². The van der Waals surface area contributed by atoms with E-state index in [2.05, 4.69) is 32.7 Å². The number of hydrogen-bond acceptors (Lipinski definition) is 1. The van der Waals surface area contributed by atoms with Crippen LogP contribution in [-0.4, -0.2) is 6.54 Å². The van der Waals surface area contributed by atoms with Crippen molar-refractivity contribution in [2.75, 3.05) is 6.54 Å². The molecule has 0 aromatic rings. The molecule has 0 radical (unpaired) electrons. The van der Waals surface area contributed by atoms with Crippen molar-refractivity contribution in [1.82, 2.24) is 5.32 Å². The number of allylic oxidation sites excluding steroid dienone is 1. The molecule has 0 saturated heterocycles. The van der Waals surface area contributed by atoms with Crippen LogP contribution in [0, 0.1) is 5.92 Å². The zero-order chi connectivity index (χ0) is 10.8. The second-order valence-electron chi connectivity index (χ2n) is 4.48. The summed E-state index contributed by atoms with van der Waals surface area (Å²) >= 11 is 0. The monoisotopic (exact) mass is 197 g/mol. The standard InChI is InChI=1S/C13H27N/c1-5-13(4)14-11-9-7-6-8-10-12(2)3/h12,14H,4-11H2,1-3H3. The third-order valence-corrected chi connectivity index (χ3v) is 2.51. The Balaban J connectivity index is 3.03. The van der Waals surface area contributed by atoms with Crippen molar-refractivity contribution in [1.29, 1.82) is 0 Å². The van der Waals surface area contributed by atoms with Crippen LogP contribution in [0.25, 0.3) is 0 Å². The summed E-state index contributed by atoms with van der Waals surface area (Å²) in [6.07, 6.45) is 7.86. The fourth-order valence-corrected chi connectivity index (χ4v) is 1.42. The molecule has 0 aliphatic heterocycles. The lowest BCUT2D eigenvalue weighted by Crippen LogP contribution is -2.12. The van der Waals surface area contributed by atoms with E-state index < -0.39 is 0 Å². The molecule has 1 heteroatoms. The van der Waals surface area contributed by atoms with E-state index in [0.29, 0.717) is 0 Å². The maximum atomic E-state index is 3.92. The molecule has 0 aromatic heterocycles. The highest BCUT2D eigenvalue weighted by atomic mass is 14.9. The Morgan fingerprint density at radius 2 is 1.79 bits per heavy atom. The Labute approximate surface area is 90.0 Å². The fraction of sp³-hybridized carbons (Fsp3) is 0.846. The van der Waals surface area contributed by atoms with Crippen molar-refractivity contribution in [3.63, 3.8) is 0 Å². The Morgan fingerprint density at radius 1 is 1.14 bits per heavy atom. The molecule has 0 spiro atoms. The SMILES string of the molecule is C=C(CC)NCCCCCCC(C)C. The highest BCUT2D eigenvalue weighted by Gasteiger charge is 1.94. The van der Waals surface area contributed by atoms with Crippen molar-refractivity contribution >= 4 is 0 Å². The molecule has 0 saturated carbocycles. The molecule has 0 atom stereocenters. The van der Waals surface area contributed by atoms with Gasteiger partial charge in [0.1, 0.15) is 0 Å². The van der Waals surface area contributed by atoms with Gasteiger partial charge in [-0.05, 0) is 18.8 Å². The largest absolute Gasteiger partial charge is 0.389 e. The molecule has 0 aliphatic rings. The molecule has 1 nitrogen and oxygen atoms in total. The first-order valence-electron chi connectivity index (χ1n) is 6.08. The van der Waals surface area contributed by atoms with E-state index in [-0.39, 0.29) is 0 Å². The van der Waals surface area contributed by atoms with E-state index in [9.17, 15) is 0 Å². The van der Waals surface area contributed by atoms with Gasteiger partial charge < -0.3 is 5.32 Å². The van der Waals surface area contributed by atoms with Crippen LogP contribution in [0.3, 0.4) is 0 Å². The second-order valence-corrected chi connectivity index (χ2v) is 4.48. The minimum absolute atomic E-state index is 0.869. The quantitative estimate of drug-likeness (QED) is 0.549. The third kappa shape index (κ3) is 9.63. The smallest absolute Gasteiger partial charge is 0.0143 e. The van der Waals surface area contributed by atoms with Gasteiger partial charge in [0, 0.05) is 12.2 Å². The molecule has 0 heterocycles. The van der Waals surface area contributed by atoms with Gasteiger partial charge in [-0.15, -0.1) is 0 Å². The lowest BCUT2D eigenvalue weighted by molar-refractivity contribution is 0.516. The Hall–Kier alpha value is -0.460. The van der Waals surface area contributed by atoms with Gasteiger partial charge in [0.15, 0.2) is 0 Å². The predicted molar refractivity (Wildman–Crippen MR) is 65.4 cm³/mol. The summed E-state index contributed by atoms with van der Waals surface area (Å²) in [5.74, 6) is 0.869. The maximum absolute atomic E-state index is 3.92. The summed E-state index contributed by atoms with van der Waals surface area (Å²) in [7, 11) is 0. The average Bonchev–Trinajstić information content (AvgIpc) is 2.15. The van der Waals surface area contributed by atoms with Crippen LogP contribution in [0.15, 0.2) is 12.3 Å². The summed E-state index contributed by atoms with van der Waals surface area (Å²) in [6.45, 7) is 11.8. The fourth-order valence-electron chi connectivity index (χ4n) is 1.42. The Kier molecular flexibility index (Phi) is 8.81. The molecule has 1 N–H and O–H groups in total. The van der Waals surface area contributed by atoms with Gasteiger partial charge in [-0.2, -0.15) is 0 Å². The summed E-state index contributed by atoms with van der Waals surface area (Å²) in [5.41, 5.74) is 1.17. The number of hydrogen-bond donors (Lipinski definition) is 1. The van der Waals surface area contributed by atoms with Crippen LogP contribution in [0.1, 0.15) is 59.3 Å². The zero-order valence-electron chi connectivity index (χ0n) is 10.2. The molecule has 14 heavy (non-hydrogen) atoms. The van der Waals surface area contributed by atoms with E-state index in [1.54, 1.807) is 0 Å². The second kappa shape index (κ2) is 9.11. The van der Waals surface area contributed by atoms with Gasteiger partial charge >= 0.3 is 0 Å². The van der Waals surface area contributed by atoms with Crippen LogP contribution in [0.2, 0.25) is 0 Å². The van der Waals surface area contributed by atoms with E-state index in [4.69, 9.17) is 0 Å². The van der Waals surface area contributed by atoms with E-state index in [1.165, 1.54) is 37.8 Å². The normalized spacial score (nSPS) is 10.6. The summed E-state index contributed by atoms with van der Waals surface area (Å²) in [6, 6.07) is 0. The van der Waals surface area contributed by atoms with E-state index in [1.807, 2.05) is 0 Å². The summed E-state index contributed by atoms with van der Waals surface area (Å²) in [5, 5.41) is 3.34. The van der Waals surface area contributed by atoms with Crippen LogP contribution < -0.4 is 5.32 Å². The highest BCUT2D eigenvalue weighted by molar-refractivity contribution is 4.88. The Morgan fingerprint density at radius 3 is 2.36 bits per heavy atom. The zero-order valence-corrected chi connectivity index (χ0v) is 10.2. The Bertz CT molecular complexity index is 138. The number of unbranched alkanes of at least 4 members (excludes halogenated alkanes) is 3. The van der Waals surface area contributed by atoms with Crippen molar-refractivity contribution in [2.24, 2.45) is 5.92 Å². The van der Waals surface area contributed by atoms with E-state index in [0.717, 1.165) is 18.9 Å². The van der Waals surface area contributed by atoms with Crippen LogP contribution in [0.4, 0.5) is 0 Å². The average molecular weight is 197 g/mol. The topological polar surface area (TPSA) is 12.0 Å². The predicted octanol–water partition coefficient (Wildman–Crippen LogP) is 4.11. The molecule has 0 amide bonds. The third-order valence-electron chi connectivity index (χ3n) is 2.51. The molecule has 0 rings (SSSR count). The van der Waals surface area contributed by atoms with Crippen molar-refractivity contribution < 1.29 is 0 Å². The highest BCUT2D eigenvalue weighted by Crippen LogP contribution is 2.09. The number of rotatable bonds is 9. The lowest BCUT2D eigenvalue weighted by Gasteiger charge is -2.07. The summed E-state index contributed by atoms with van der Waals surface area (Å²) in [4.78, 5) is 0. The van der Waals surface area contributed by atoms with Gasteiger partial charge in [-0.1, -0.05) is 53.0 Å². The van der Waals surface area contributed by atoms with Gasteiger partial charge in [-0.3, -0.25) is 0 Å². The van der Waals surface area contributed by atoms with Crippen molar-refractivity contribution in [3.05, 3.63) is 12.3 Å². The van der Waals surface area contributed by atoms with Crippen LogP contribution in [0.5, 0.6) is 0 Å². The first-order chi connectivity index (χ1) is 6.66. The molecule has 84 valence electrons. The van der Waals surface area contributed by atoms with Gasteiger partial charge in [0.2, 0.25) is 0 Å². The van der Waals surface area contributed by atoms with Gasteiger partial charge in [0.25, 0.3) is 0 Å². The molecule has 0 unspecified atom stereocenters. The molecule has 0 aromatic carbocycles. The molecular weight excluding hydrogens is 170 g/mol. The molecule has 0 aliphatic carbocycles. The first kappa shape index (κ1) is 13.5. The van der Waals surface area contributed by atoms with Crippen LogP contribution in [-0.2, 0) is 0 Å². The number of nitrogens with one attached hydrogen (secondary N) is 1. The lowest BCUT2D eigenvalue weighted by atomic mass is 10.0. The first-order valence-corrected chi connectivity index (χ1v) is 6.08. The van der Waals surface area contributed by atoms with Gasteiger partial charge in [0.05, 0.1) is 0 Å². The van der Waals surface area contributed by atoms with Crippen molar-refractivity contribution in [2.45, 2.75) is 59.3 Å². The van der Waals surface area contributed by atoms with Gasteiger partial charge in [-0.25, -0.2) is 0 Å². The maximum Gasteiger partial charge on any atom is 0.0143 e. The molecular formula is C13H27N. The minimum atomic E-state index is 0.869. The molecule has 0 bridgehead atoms.